The molecule has 3 nitrogen and oxygen atoms in total. The van der Waals surface area contributed by atoms with E-state index >= 15 is 0 Å². The lowest BCUT2D eigenvalue weighted by molar-refractivity contribution is 0.334. The second-order valence-corrected chi connectivity index (χ2v) is 8.03. The monoisotopic (exact) mass is 395 g/mol. The Morgan fingerprint density at radius 2 is 1.82 bits per heavy atom. The van der Waals surface area contributed by atoms with Crippen molar-refractivity contribution in [2.45, 2.75) is 38.0 Å². The predicted octanol–water partition coefficient (Wildman–Crippen LogP) is 6.78. The van der Waals surface area contributed by atoms with Crippen molar-refractivity contribution in [1.82, 2.24) is 4.98 Å². The number of hydrogen-bond acceptors (Lipinski definition) is 2. The third kappa shape index (κ3) is 4.33. The maximum atomic E-state index is 13.7. The molecule has 1 saturated carbocycles. The number of pyridine rings is 1. The summed E-state index contributed by atoms with van der Waals surface area (Å²) in [7, 11) is 0. The fourth-order valence-corrected chi connectivity index (χ4v) is 4.35. The molecule has 1 heterocycles. The highest BCUT2D eigenvalue weighted by molar-refractivity contribution is 6.30. The summed E-state index contributed by atoms with van der Waals surface area (Å²) in [6.45, 7) is 0. The lowest BCUT2D eigenvalue weighted by Gasteiger charge is -2.29. The van der Waals surface area contributed by atoms with E-state index in [-0.39, 0.29) is 5.82 Å². The molecule has 0 amide bonds. The van der Waals surface area contributed by atoms with E-state index in [0.717, 1.165) is 48.7 Å². The fourth-order valence-electron chi connectivity index (χ4n) is 4.22. The summed E-state index contributed by atoms with van der Waals surface area (Å²) < 4.78 is 13.7. The highest BCUT2D eigenvalue weighted by Gasteiger charge is 2.24. The van der Waals surface area contributed by atoms with Crippen LogP contribution in [0.5, 0.6) is 0 Å². The quantitative estimate of drug-likeness (QED) is 0.377. The fraction of sp³-hybridized carbons (Fsp3) is 0.304. The van der Waals surface area contributed by atoms with Crippen LogP contribution < -0.4 is 5.32 Å². The van der Waals surface area contributed by atoms with Crippen LogP contribution in [0.3, 0.4) is 0 Å². The van der Waals surface area contributed by atoms with Crippen LogP contribution in [0.2, 0.25) is 5.02 Å². The first-order chi connectivity index (χ1) is 13.6. The van der Waals surface area contributed by atoms with Gasteiger partial charge in [0, 0.05) is 28.7 Å². The summed E-state index contributed by atoms with van der Waals surface area (Å²) in [4.78, 5) is 4.37. The summed E-state index contributed by atoms with van der Waals surface area (Å²) in [6, 6.07) is 14.3. The van der Waals surface area contributed by atoms with Gasteiger partial charge in [-0.15, -0.1) is 0 Å². The van der Waals surface area contributed by atoms with Crippen LogP contribution in [0.25, 0.3) is 10.9 Å². The minimum Gasteiger partial charge on any atom is -0.344 e. The van der Waals surface area contributed by atoms with Gasteiger partial charge in [-0.1, -0.05) is 11.6 Å². The van der Waals surface area contributed by atoms with Crippen LogP contribution in [0.15, 0.2) is 54.7 Å². The Morgan fingerprint density at radius 1 is 1.07 bits per heavy atom. The third-order valence-corrected chi connectivity index (χ3v) is 5.91. The zero-order valence-corrected chi connectivity index (χ0v) is 16.3. The molecule has 4 rings (SSSR count). The van der Waals surface area contributed by atoms with E-state index in [1.165, 1.54) is 11.6 Å². The molecule has 0 aliphatic heterocycles. The number of nitrogens with one attached hydrogen (secondary N) is 2. The number of rotatable bonds is 4. The van der Waals surface area contributed by atoms with Crippen molar-refractivity contribution in [2.75, 3.05) is 5.32 Å². The van der Waals surface area contributed by atoms with Crippen LogP contribution in [-0.2, 0) is 0 Å². The molecule has 5 heteroatoms. The molecule has 0 atom stereocenters. The first-order valence-corrected chi connectivity index (χ1v) is 10.1. The van der Waals surface area contributed by atoms with Gasteiger partial charge in [0.15, 0.2) is 0 Å². The van der Waals surface area contributed by atoms with Gasteiger partial charge in [-0.2, -0.15) is 0 Å². The molecule has 2 N–H and O–H groups in total. The number of nitrogens with zero attached hydrogens (tertiary/aromatic N) is 1. The van der Waals surface area contributed by atoms with Gasteiger partial charge in [0.2, 0.25) is 0 Å². The molecule has 0 bridgehead atoms. The second-order valence-electron chi connectivity index (χ2n) is 7.59. The summed E-state index contributed by atoms with van der Waals surface area (Å²) in [5.41, 5.74) is 2.96. The first-order valence-electron chi connectivity index (χ1n) is 9.72. The highest BCUT2D eigenvalue weighted by Crippen LogP contribution is 2.39. The molecular formula is C23H23ClFN3. The summed E-state index contributed by atoms with van der Waals surface area (Å²) in [6.07, 6.45) is 6.86. The van der Waals surface area contributed by atoms with E-state index < -0.39 is 0 Å². The van der Waals surface area contributed by atoms with E-state index in [9.17, 15) is 4.39 Å². The van der Waals surface area contributed by atoms with E-state index in [1.54, 1.807) is 12.1 Å². The average Bonchev–Trinajstić information content (AvgIpc) is 2.70. The van der Waals surface area contributed by atoms with Crippen molar-refractivity contribution in [3.8, 4) is 0 Å². The van der Waals surface area contributed by atoms with Gasteiger partial charge in [0.1, 0.15) is 5.82 Å². The Bertz CT molecular complexity index is 979. The maximum Gasteiger partial charge on any atom is 0.123 e. The Balaban J connectivity index is 1.36. The average molecular weight is 396 g/mol. The molecule has 1 aliphatic carbocycles. The van der Waals surface area contributed by atoms with E-state index in [1.807, 2.05) is 36.5 Å². The zero-order chi connectivity index (χ0) is 19.5. The van der Waals surface area contributed by atoms with Crippen LogP contribution in [0.4, 0.5) is 10.1 Å². The zero-order valence-electron chi connectivity index (χ0n) is 15.6. The molecule has 1 aromatic heterocycles. The normalized spacial score (nSPS) is 19.5. The van der Waals surface area contributed by atoms with Crippen molar-refractivity contribution in [2.24, 2.45) is 5.92 Å². The van der Waals surface area contributed by atoms with Gasteiger partial charge in [-0.25, -0.2) is 4.39 Å². The van der Waals surface area contributed by atoms with E-state index in [4.69, 9.17) is 17.0 Å². The van der Waals surface area contributed by atoms with Crippen molar-refractivity contribution >= 4 is 34.0 Å². The smallest absolute Gasteiger partial charge is 0.123 e. The van der Waals surface area contributed by atoms with Crippen molar-refractivity contribution in [3.63, 3.8) is 0 Å². The van der Waals surface area contributed by atoms with Crippen molar-refractivity contribution < 1.29 is 4.39 Å². The van der Waals surface area contributed by atoms with Crippen LogP contribution in [0.1, 0.15) is 43.6 Å². The molecule has 0 radical (unpaired) electrons. The Labute approximate surface area is 169 Å². The molecule has 2 aromatic carbocycles. The predicted molar refractivity (Wildman–Crippen MR) is 114 cm³/mol. The number of fused-ring (bicyclic) bond motifs is 1. The number of anilines is 1. The van der Waals surface area contributed by atoms with Crippen LogP contribution in [-0.4, -0.2) is 10.8 Å². The van der Waals surface area contributed by atoms with Gasteiger partial charge < -0.3 is 5.32 Å². The van der Waals surface area contributed by atoms with E-state index in [2.05, 4.69) is 10.3 Å². The minimum atomic E-state index is -0.211. The molecule has 3 aromatic rings. The number of benzene rings is 2. The van der Waals surface area contributed by atoms with Gasteiger partial charge in [-0.3, -0.25) is 10.4 Å². The SMILES string of the molecule is N=C(CC1CCC(c2ccnc3ccc(F)cc23)CC1)Nc1ccc(Cl)cc1. The topological polar surface area (TPSA) is 48.8 Å². The summed E-state index contributed by atoms with van der Waals surface area (Å²) in [5.74, 6) is 1.27. The number of aromatic nitrogens is 1. The lowest BCUT2D eigenvalue weighted by Crippen LogP contribution is -2.20. The molecule has 0 unspecified atom stereocenters. The van der Waals surface area contributed by atoms with Gasteiger partial charge >= 0.3 is 0 Å². The first kappa shape index (κ1) is 18.9. The van der Waals surface area contributed by atoms with Crippen molar-refractivity contribution in [1.29, 1.82) is 5.41 Å². The number of halogens is 2. The van der Waals surface area contributed by atoms with E-state index in [0.29, 0.717) is 22.7 Å². The van der Waals surface area contributed by atoms with Crippen LogP contribution >= 0.6 is 11.6 Å². The molecule has 144 valence electrons. The molecule has 28 heavy (non-hydrogen) atoms. The number of hydrogen-bond donors (Lipinski definition) is 2. The highest BCUT2D eigenvalue weighted by atomic mass is 35.5. The third-order valence-electron chi connectivity index (χ3n) is 5.66. The lowest BCUT2D eigenvalue weighted by atomic mass is 9.76. The van der Waals surface area contributed by atoms with Crippen LogP contribution in [0, 0.1) is 17.1 Å². The Morgan fingerprint density at radius 3 is 2.57 bits per heavy atom. The molecule has 0 spiro atoms. The van der Waals surface area contributed by atoms with Gasteiger partial charge in [0.05, 0.1) is 11.4 Å². The standard InChI is InChI=1S/C23H23ClFN3/c24-17-5-8-19(9-6-17)28-23(26)13-15-1-3-16(4-2-15)20-11-12-27-22-10-7-18(25)14-21(20)22/h5-12,14-16H,1-4,13H2,(H2,26,28). The summed E-state index contributed by atoms with van der Waals surface area (Å²) in [5, 5.41) is 13.1. The second kappa shape index (κ2) is 8.27. The largest absolute Gasteiger partial charge is 0.344 e. The van der Waals surface area contributed by atoms with Gasteiger partial charge in [-0.05, 0) is 91.6 Å². The minimum absolute atomic E-state index is 0.211. The summed E-state index contributed by atoms with van der Waals surface area (Å²) >= 11 is 5.91. The Hall–Kier alpha value is -2.46. The van der Waals surface area contributed by atoms with Crippen molar-refractivity contribution in [3.05, 3.63) is 71.1 Å². The van der Waals surface area contributed by atoms with Gasteiger partial charge in [0.25, 0.3) is 0 Å². The molecule has 1 fully saturated rings. The maximum absolute atomic E-state index is 13.7. The molecular weight excluding hydrogens is 373 g/mol. The Kier molecular flexibility index (Phi) is 5.58. The molecule has 0 saturated heterocycles. The molecule has 1 aliphatic rings. The number of amidine groups is 1.